The molecule has 1 rings (SSSR count). The van der Waals surface area contributed by atoms with Crippen molar-refractivity contribution < 1.29 is 14.7 Å². The highest BCUT2D eigenvalue weighted by Gasteiger charge is 2.13. The van der Waals surface area contributed by atoms with Crippen LogP contribution in [0.15, 0.2) is 6.20 Å². The van der Waals surface area contributed by atoms with E-state index in [0.29, 0.717) is 12.2 Å². The van der Waals surface area contributed by atoms with Crippen molar-refractivity contribution in [1.82, 2.24) is 15.3 Å². The lowest BCUT2D eigenvalue weighted by Gasteiger charge is -2.03. The fourth-order valence-electron chi connectivity index (χ4n) is 0.992. The second-order valence-electron chi connectivity index (χ2n) is 2.46. The van der Waals surface area contributed by atoms with Crippen LogP contribution < -0.4 is 5.48 Å². The lowest BCUT2D eigenvalue weighted by molar-refractivity contribution is 0.0686. The normalized spacial score (nSPS) is 10.3. The van der Waals surface area contributed by atoms with Crippen LogP contribution in [-0.4, -0.2) is 28.0 Å². The lowest BCUT2D eigenvalue weighted by atomic mass is 10.2. The van der Waals surface area contributed by atoms with E-state index >= 15 is 0 Å². The number of rotatable bonds is 4. The number of hydrogen-bond donors (Lipinski definition) is 2. The van der Waals surface area contributed by atoms with E-state index in [4.69, 9.17) is 5.11 Å². The summed E-state index contributed by atoms with van der Waals surface area (Å²) in [5, 5.41) is 12.6. The molecule has 0 atom stereocenters. The van der Waals surface area contributed by atoms with Crippen molar-refractivity contribution in [3.63, 3.8) is 0 Å². The summed E-state index contributed by atoms with van der Waals surface area (Å²) in [6.07, 6.45) is 1.31. The number of carbonyl (C=O) groups is 1. The van der Waals surface area contributed by atoms with E-state index in [0.717, 1.165) is 0 Å². The van der Waals surface area contributed by atoms with Gasteiger partial charge in [0.25, 0.3) is 0 Å². The van der Waals surface area contributed by atoms with Gasteiger partial charge >= 0.3 is 5.97 Å². The maximum absolute atomic E-state index is 10.7. The van der Waals surface area contributed by atoms with Gasteiger partial charge in [-0.05, 0) is 0 Å². The second-order valence-corrected chi connectivity index (χ2v) is 2.46. The van der Waals surface area contributed by atoms with Crippen molar-refractivity contribution in [2.24, 2.45) is 7.05 Å². The van der Waals surface area contributed by atoms with E-state index in [1.54, 1.807) is 7.05 Å². The number of carboxylic acid groups (broad SMARTS) is 1. The molecule has 0 unspecified atom stereocenters. The predicted octanol–water partition coefficient (Wildman–Crippen LogP) is -0.231. The number of aromatic carboxylic acids is 1. The Balaban J connectivity index is 2.88. The molecule has 0 fully saturated rings. The molecule has 6 heteroatoms. The first-order valence-electron chi connectivity index (χ1n) is 3.66. The Morgan fingerprint density at radius 3 is 3.08 bits per heavy atom. The molecule has 0 amide bonds. The Morgan fingerprint density at radius 1 is 1.85 bits per heavy atom. The highest BCUT2D eigenvalue weighted by atomic mass is 16.6. The lowest BCUT2D eigenvalue weighted by Crippen LogP contribution is -2.16. The van der Waals surface area contributed by atoms with Crippen LogP contribution in [-0.2, 0) is 18.4 Å². The van der Waals surface area contributed by atoms with Gasteiger partial charge in [-0.2, -0.15) is 10.6 Å². The van der Waals surface area contributed by atoms with E-state index in [9.17, 15) is 4.79 Å². The minimum absolute atomic E-state index is 0.187. The number of hydroxylamine groups is 1. The molecule has 2 N–H and O–H groups in total. The highest BCUT2D eigenvalue weighted by molar-refractivity contribution is 5.88. The quantitative estimate of drug-likeness (QED) is 0.633. The van der Waals surface area contributed by atoms with E-state index in [1.165, 1.54) is 18.0 Å². The smallest absolute Gasteiger partial charge is 0.339 e. The topological polar surface area (TPSA) is 76.4 Å². The fraction of sp³-hybridized carbons (Fsp3) is 0.429. The first-order chi connectivity index (χ1) is 6.16. The Hall–Kier alpha value is -1.40. The molecule has 1 aromatic rings. The molecule has 6 nitrogen and oxygen atoms in total. The van der Waals surface area contributed by atoms with Gasteiger partial charge < -0.3 is 9.94 Å². The summed E-state index contributed by atoms with van der Waals surface area (Å²) in [4.78, 5) is 15.3. The van der Waals surface area contributed by atoms with E-state index in [2.05, 4.69) is 15.4 Å². The number of nitrogens with one attached hydrogen (secondary N) is 1. The average molecular weight is 185 g/mol. The van der Waals surface area contributed by atoms with Crippen molar-refractivity contribution in [3.05, 3.63) is 17.5 Å². The maximum Gasteiger partial charge on any atom is 0.339 e. The van der Waals surface area contributed by atoms with Gasteiger partial charge in [0.15, 0.2) is 0 Å². The zero-order valence-corrected chi connectivity index (χ0v) is 7.44. The molecule has 0 radical (unpaired) electrons. The van der Waals surface area contributed by atoms with Gasteiger partial charge in [0.1, 0.15) is 5.56 Å². The average Bonchev–Trinajstić information content (AvgIpc) is 2.43. The third kappa shape index (κ3) is 2.04. The zero-order chi connectivity index (χ0) is 9.84. The molecule has 0 saturated heterocycles. The van der Waals surface area contributed by atoms with Crippen LogP contribution in [0.25, 0.3) is 0 Å². The van der Waals surface area contributed by atoms with Crippen LogP contribution in [0.3, 0.4) is 0 Å². The summed E-state index contributed by atoms with van der Waals surface area (Å²) in [5.41, 5.74) is 3.33. The minimum atomic E-state index is -0.985. The van der Waals surface area contributed by atoms with E-state index in [1.807, 2.05) is 0 Å². The molecular weight excluding hydrogens is 174 g/mol. The summed E-state index contributed by atoms with van der Waals surface area (Å²) in [7, 11) is 3.15. The molecule has 13 heavy (non-hydrogen) atoms. The van der Waals surface area contributed by atoms with Gasteiger partial charge in [-0.1, -0.05) is 0 Å². The molecule has 0 aromatic carbocycles. The number of nitrogens with zero attached hydrogens (tertiary/aromatic N) is 2. The standard InChI is InChI=1S/C7H11N3O3/c1-10-6(4-9-13-2)5(3-8-10)7(11)12/h3,9H,4H2,1-2H3,(H,11,12). The van der Waals surface area contributed by atoms with Crippen LogP contribution in [0, 0.1) is 0 Å². The van der Waals surface area contributed by atoms with Crippen LogP contribution in [0.1, 0.15) is 16.1 Å². The molecule has 72 valence electrons. The summed E-state index contributed by atoms with van der Waals surface area (Å²) in [6, 6.07) is 0. The van der Waals surface area contributed by atoms with Gasteiger partial charge in [0, 0.05) is 7.05 Å². The molecule has 1 aromatic heterocycles. The Bertz CT molecular complexity index is 308. The first-order valence-corrected chi connectivity index (χ1v) is 3.66. The first kappa shape index (κ1) is 9.69. The number of carboxylic acids is 1. The third-order valence-electron chi connectivity index (χ3n) is 1.68. The van der Waals surface area contributed by atoms with Crippen LogP contribution in [0.5, 0.6) is 0 Å². The number of hydrogen-bond acceptors (Lipinski definition) is 4. The molecule has 0 bridgehead atoms. The van der Waals surface area contributed by atoms with Crippen molar-refractivity contribution >= 4 is 5.97 Å². The van der Waals surface area contributed by atoms with Crippen LogP contribution in [0.2, 0.25) is 0 Å². The molecule has 0 aliphatic rings. The summed E-state index contributed by atoms with van der Waals surface area (Å²) >= 11 is 0. The van der Waals surface area contributed by atoms with Crippen molar-refractivity contribution in [2.45, 2.75) is 6.54 Å². The van der Waals surface area contributed by atoms with E-state index < -0.39 is 5.97 Å². The zero-order valence-electron chi connectivity index (χ0n) is 7.44. The largest absolute Gasteiger partial charge is 0.478 e. The van der Waals surface area contributed by atoms with Gasteiger partial charge in [0.05, 0.1) is 25.5 Å². The van der Waals surface area contributed by atoms with Crippen molar-refractivity contribution in [3.8, 4) is 0 Å². The van der Waals surface area contributed by atoms with Gasteiger partial charge in [0.2, 0.25) is 0 Å². The van der Waals surface area contributed by atoms with Gasteiger partial charge in [-0.15, -0.1) is 0 Å². The molecule has 0 aliphatic carbocycles. The number of aryl methyl sites for hydroxylation is 1. The molecular formula is C7H11N3O3. The second kappa shape index (κ2) is 4.01. The molecule has 0 saturated carbocycles. The molecule has 0 aliphatic heterocycles. The summed E-state index contributed by atoms with van der Waals surface area (Å²) < 4.78 is 1.50. The Labute approximate surface area is 75.1 Å². The Kier molecular flexibility index (Phi) is 2.99. The molecule has 0 spiro atoms. The van der Waals surface area contributed by atoms with E-state index in [-0.39, 0.29) is 5.56 Å². The maximum atomic E-state index is 10.7. The SMILES string of the molecule is CONCc1c(C(=O)O)cnn1C. The van der Waals surface area contributed by atoms with Gasteiger partial charge in [-0.25, -0.2) is 4.79 Å². The van der Waals surface area contributed by atoms with Crippen molar-refractivity contribution in [2.75, 3.05) is 7.11 Å². The molecule has 1 heterocycles. The number of aromatic nitrogens is 2. The van der Waals surface area contributed by atoms with Crippen LogP contribution >= 0.6 is 0 Å². The summed E-state index contributed by atoms with van der Waals surface area (Å²) in [5.74, 6) is -0.985. The van der Waals surface area contributed by atoms with Gasteiger partial charge in [-0.3, -0.25) is 4.68 Å². The summed E-state index contributed by atoms with van der Waals surface area (Å²) in [6.45, 7) is 0.314. The monoisotopic (exact) mass is 185 g/mol. The minimum Gasteiger partial charge on any atom is -0.478 e. The predicted molar refractivity (Wildman–Crippen MR) is 44.0 cm³/mol. The van der Waals surface area contributed by atoms with Crippen LogP contribution in [0.4, 0.5) is 0 Å². The fourth-order valence-corrected chi connectivity index (χ4v) is 0.992. The third-order valence-corrected chi connectivity index (χ3v) is 1.68. The highest BCUT2D eigenvalue weighted by Crippen LogP contribution is 2.06. The van der Waals surface area contributed by atoms with Crippen molar-refractivity contribution in [1.29, 1.82) is 0 Å². The Morgan fingerprint density at radius 2 is 2.54 bits per heavy atom.